The molecule has 0 atom stereocenters. The van der Waals surface area contributed by atoms with Gasteiger partial charge in [-0.05, 0) is 18.6 Å². The maximum Gasteiger partial charge on any atom is 0.257 e. The Morgan fingerprint density at radius 3 is 2.69 bits per heavy atom. The molecule has 150 valence electrons. The Morgan fingerprint density at radius 2 is 1.93 bits per heavy atom. The number of carbonyl (C=O) groups is 1. The van der Waals surface area contributed by atoms with E-state index in [0.717, 1.165) is 16.7 Å². The number of benzene rings is 2. The molecule has 29 heavy (non-hydrogen) atoms. The van der Waals surface area contributed by atoms with Crippen molar-refractivity contribution in [3.8, 4) is 11.3 Å². The molecule has 1 fully saturated rings. The zero-order chi connectivity index (χ0) is 20.1. The minimum atomic E-state index is -0.0561. The van der Waals surface area contributed by atoms with Crippen molar-refractivity contribution in [2.75, 3.05) is 31.6 Å². The van der Waals surface area contributed by atoms with Gasteiger partial charge in [0.15, 0.2) is 0 Å². The van der Waals surface area contributed by atoms with Gasteiger partial charge in [-0.2, -0.15) is 0 Å². The second-order valence-corrected chi connectivity index (χ2v) is 7.07. The van der Waals surface area contributed by atoms with Crippen molar-refractivity contribution in [3.63, 3.8) is 0 Å². The van der Waals surface area contributed by atoms with Crippen molar-refractivity contribution in [1.82, 2.24) is 14.9 Å². The highest BCUT2D eigenvalue weighted by Crippen LogP contribution is 2.25. The van der Waals surface area contributed by atoms with Crippen LogP contribution in [0, 0.1) is 6.92 Å². The number of aromatic nitrogens is 2. The average molecular weight is 390 g/mol. The summed E-state index contributed by atoms with van der Waals surface area (Å²) in [6.45, 7) is 4.93. The lowest BCUT2D eigenvalue weighted by molar-refractivity contribution is 0.0303. The number of carbonyl (C=O) groups excluding carboxylic acids is 1. The summed E-state index contributed by atoms with van der Waals surface area (Å²) in [5.74, 6) is 0.448. The van der Waals surface area contributed by atoms with E-state index < -0.39 is 0 Å². The molecule has 0 saturated carbocycles. The topological polar surface area (TPSA) is 67.4 Å². The quantitative estimate of drug-likeness (QED) is 0.718. The number of aryl methyl sites for hydroxylation is 1. The summed E-state index contributed by atoms with van der Waals surface area (Å²) in [5, 5.41) is 3.26. The monoisotopic (exact) mass is 390 g/mol. The third kappa shape index (κ3) is 4.60. The number of morpholine rings is 1. The molecule has 0 bridgehead atoms. The highest BCUT2D eigenvalue weighted by Gasteiger charge is 2.23. The van der Waals surface area contributed by atoms with Gasteiger partial charge in [0.1, 0.15) is 0 Å². The molecule has 4 rings (SSSR count). The molecule has 0 spiro atoms. The molecule has 6 nitrogen and oxygen atoms in total. The third-order valence-electron chi connectivity index (χ3n) is 4.90. The van der Waals surface area contributed by atoms with Gasteiger partial charge in [-0.15, -0.1) is 0 Å². The van der Waals surface area contributed by atoms with Crippen LogP contribution in [0.2, 0.25) is 0 Å². The van der Waals surface area contributed by atoms with E-state index in [-0.39, 0.29) is 7.33 Å². The number of nitrogens with one attached hydrogen (secondary N) is 1. The highest BCUT2D eigenvalue weighted by atomic mass is 16.5. The number of hydrogen-bond donors (Lipinski definition) is 1. The molecule has 3 aromatic rings. The van der Waals surface area contributed by atoms with Crippen molar-refractivity contribution in [1.29, 1.82) is 0 Å². The van der Waals surface area contributed by atoms with Crippen molar-refractivity contribution < 1.29 is 11.0 Å². The van der Waals surface area contributed by atoms with Gasteiger partial charge in [0, 0.05) is 32.8 Å². The highest BCUT2D eigenvalue weighted by molar-refractivity contribution is 6.00. The lowest BCUT2D eigenvalue weighted by atomic mass is 10.0. The van der Waals surface area contributed by atoms with Gasteiger partial charge in [-0.25, -0.2) is 9.97 Å². The van der Waals surface area contributed by atoms with E-state index in [9.17, 15) is 4.79 Å². The Balaban J connectivity index is 0.00000256. The van der Waals surface area contributed by atoms with Gasteiger partial charge in [0.2, 0.25) is 5.95 Å². The summed E-state index contributed by atoms with van der Waals surface area (Å²) in [7, 11) is 0. The molecule has 6 heteroatoms. The minimum absolute atomic E-state index is 0. The SMILES string of the molecule is Cc1cccc(-c2nc(NCc3ccccc3)ncc2C(=O)N2CCOCC2)c1.[HH]. The lowest BCUT2D eigenvalue weighted by Gasteiger charge is -2.27. The Kier molecular flexibility index (Phi) is 5.81. The van der Waals surface area contributed by atoms with Crippen LogP contribution in [0.3, 0.4) is 0 Å². The van der Waals surface area contributed by atoms with Gasteiger partial charge in [-0.3, -0.25) is 4.79 Å². The molecule has 0 radical (unpaired) electrons. The summed E-state index contributed by atoms with van der Waals surface area (Å²) >= 11 is 0. The molecule has 2 heterocycles. The van der Waals surface area contributed by atoms with Crippen LogP contribution in [0.25, 0.3) is 11.3 Å². The first-order chi connectivity index (χ1) is 14.2. The first kappa shape index (κ1) is 19.1. The molecule has 0 unspecified atom stereocenters. The van der Waals surface area contributed by atoms with E-state index in [4.69, 9.17) is 9.72 Å². The van der Waals surface area contributed by atoms with Crippen molar-refractivity contribution in [2.24, 2.45) is 0 Å². The Hall–Kier alpha value is -3.25. The summed E-state index contributed by atoms with van der Waals surface area (Å²) in [5.41, 5.74) is 4.33. The standard InChI is InChI=1S/C23H24N4O2.H2/c1-17-6-5-9-19(14-17)21-20(22(28)27-10-12-29-13-11-27)16-25-23(26-21)24-15-18-7-3-2-4-8-18;/h2-9,14,16H,10-13,15H2,1H3,(H,24,25,26);1H. The first-order valence-electron chi connectivity index (χ1n) is 9.79. The second kappa shape index (κ2) is 8.84. The minimum Gasteiger partial charge on any atom is -0.378 e. The zero-order valence-electron chi connectivity index (χ0n) is 16.5. The molecule has 1 amide bonds. The normalized spacial score (nSPS) is 13.9. The van der Waals surface area contributed by atoms with Gasteiger partial charge in [0.05, 0.1) is 24.5 Å². The van der Waals surface area contributed by atoms with Crippen LogP contribution in [-0.4, -0.2) is 47.1 Å². The number of amides is 1. The van der Waals surface area contributed by atoms with E-state index in [1.54, 1.807) is 11.1 Å². The Labute approximate surface area is 172 Å². The van der Waals surface area contributed by atoms with E-state index in [0.29, 0.717) is 50.1 Å². The van der Waals surface area contributed by atoms with E-state index in [2.05, 4.69) is 10.3 Å². The van der Waals surface area contributed by atoms with Crippen molar-refractivity contribution >= 4 is 11.9 Å². The van der Waals surface area contributed by atoms with Crippen LogP contribution in [0.15, 0.2) is 60.8 Å². The molecular formula is C23H26N4O2. The Morgan fingerprint density at radius 1 is 1.14 bits per heavy atom. The van der Waals surface area contributed by atoms with Gasteiger partial charge >= 0.3 is 0 Å². The summed E-state index contributed by atoms with van der Waals surface area (Å²) < 4.78 is 5.37. The lowest BCUT2D eigenvalue weighted by Crippen LogP contribution is -2.41. The number of rotatable bonds is 5. The van der Waals surface area contributed by atoms with Crippen molar-refractivity contribution in [3.05, 3.63) is 77.5 Å². The molecule has 1 aromatic heterocycles. The molecule has 1 saturated heterocycles. The average Bonchev–Trinajstić information content (AvgIpc) is 2.78. The molecule has 1 aliphatic heterocycles. The number of nitrogens with zero attached hydrogens (tertiary/aromatic N) is 3. The van der Waals surface area contributed by atoms with Crippen molar-refractivity contribution in [2.45, 2.75) is 13.5 Å². The van der Waals surface area contributed by atoms with Crippen LogP contribution < -0.4 is 5.32 Å². The summed E-state index contributed by atoms with van der Waals surface area (Å²) in [6.07, 6.45) is 1.63. The zero-order valence-corrected chi connectivity index (χ0v) is 16.5. The molecule has 1 aliphatic rings. The van der Waals surface area contributed by atoms with Gasteiger partial charge in [0.25, 0.3) is 5.91 Å². The number of ether oxygens (including phenoxy) is 1. The Bertz CT molecular complexity index is 992. The number of anilines is 1. The fourth-order valence-electron chi connectivity index (χ4n) is 3.35. The summed E-state index contributed by atoms with van der Waals surface area (Å²) in [6, 6.07) is 18.1. The molecule has 2 aromatic carbocycles. The predicted molar refractivity (Wildman–Crippen MR) is 115 cm³/mol. The van der Waals surface area contributed by atoms with E-state index >= 15 is 0 Å². The van der Waals surface area contributed by atoms with Crippen LogP contribution in [0.1, 0.15) is 22.9 Å². The molecular weight excluding hydrogens is 364 g/mol. The smallest absolute Gasteiger partial charge is 0.257 e. The van der Waals surface area contributed by atoms with Gasteiger partial charge < -0.3 is 15.0 Å². The number of hydrogen-bond acceptors (Lipinski definition) is 5. The predicted octanol–water partition coefficient (Wildman–Crippen LogP) is 3.78. The van der Waals surface area contributed by atoms with E-state index in [1.165, 1.54) is 0 Å². The summed E-state index contributed by atoms with van der Waals surface area (Å²) in [4.78, 5) is 24.1. The maximum atomic E-state index is 13.1. The van der Waals surface area contributed by atoms with Crippen LogP contribution in [0.4, 0.5) is 5.95 Å². The maximum absolute atomic E-state index is 13.1. The largest absolute Gasteiger partial charge is 0.378 e. The second-order valence-electron chi connectivity index (χ2n) is 7.07. The first-order valence-corrected chi connectivity index (χ1v) is 9.79. The molecule has 0 aliphatic carbocycles. The van der Waals surface area contributed by atoms with E-state index in [1.807, 2.05) is 61.5 Å². The molecule has 1 N–H and O–H groups in total. The fourth-order valence-corrected chi connectivity index (χ4v) is 3.35. The van der Waals surface area contributed by atoms with Crippen LogP contribution >= 0.6 is 0 Å². The fraction of sp³-hybridized carbons (Fsp3) is 0.261. The van der Waals surface area contributed by atoms with Gasteiger partial charge in [-0.1, -0.05) is 54.1 Å². The van der Waals surface area contributed by atoms with Crippen LogP contribution in [-0.2, 0) is 11.3 Å². The van der Waals surface area contributed by atoms with Crippen LogP contribution in [0.5, 0.6) is 0 Å². The third-order valence-corrected chi connectivity index (χ3v) is 4.90.